The average molecular weight is 157 g/mol. The van der Waals surface area contributed by atoms with E-state index in [4.69, 9.17) is 0 Å². The summed E-state index contributed by atoms with van der Waals surface area (Å²) in [4.78, 5) is 23.3. The Hall–Kier alpha value is -0.860. The van der Waals surface area contributed by atoms with E-state index in [-0.39, 0.29) is 17.9 Å². The molecule has 64 valence electrons. The van der Waals surface area contributed by atoms with Gasteiger partial charge in [-0.15, -0.1) is 0 Å². The molecular formula is C8H15NO2. The van der Waals surface area contributed by atoms with Gasteiger partial charge in [0.05, 0.1) is 0 Å². The van der Waals surface area contributed by atoms with Gasteiger partial charge in [-0.25, -0.2) is 0 Å². The molecule has 0 aromatic heterocycles. The number of nitrogens with zero attached hydrogens (tertiary/aromatic N) is 1. The van der Waals surface area contributed by atoms with E-state index >= 15 is 0 Å². The maximum absolute atomic E-state index is 11.1. The molecule has 0 spiro atoms. The van der Waals surface area contributed by atoms with Crippen molar-refractivity contribution in [2.45, 2.75) is 40.2 Å². The van der Waals surface area contributed by atoms with Gasteiger partial charge >= 0.3 is 0 Å². The van der Waals surface area contributed by atoms with E-state index in [9.17, 15) is 9.59 Å². The van der Waals surface area contributed by atoms with E-state index in [0.29, 0.717) is 6.42 Å². The van der Waals surface area contributed by atoms with Gasteiger partial charge < -0.3 is 0 Å². The lowest BCUT2D eigenvalue weighted by molar-refractivity contribution is -0.145. The third-order valence-electron chi connectivity index (χ3n) is 1.43. The van der Waals surface area contributed by atoms with Gasteiger partial charge in [0, 0.05) is 19.4 Å². The minimum Gasteiger partial charge on any atom is -0.280 e. The fourth-order valence-corrected chi connectivity index (χ4v) is 0.998. The molecule has 0 aromatic carbocycles. The molecule has 2 amide bonds. The van der Waals surface area contributed by atoms with Gasteiger partial charge in [0.15, 0.2) is 0 Å². The molecule has 0 radical (unpaired) electrons. The highest BCUT2D eigenvalue weighted by atomic mass is 16.2. The first kappa shape index (κ1) is 10.1. The predicted molar refractivity (Wildman–Crippen MR) is 43.0 cm³/mol. The van der Waals surface area contributed by atoms with Crippen molar-refractivity contribution in [2.24, 2.45) is 0 Å². The Balaban J connectivity index is 4.34. The molecule has 0 saturated heterocycles. The van der Waals surface area contributed by atoms with Crippen molar-refractivity contribution in [3.63, 3.8) is 0 Å². The normalized spacial score (nSPS) is 9.91. The van der Waals surface area contributed by atoms with Crippen LogP contribution in [0.25, 0.3) is 0 Å². The average Bonchev–Trinajstić information content (AvgIpc) is 1.85. The van der Waals surface area contributed by atoms with E-state index in [0.717, 1.165) is 0 Å². The van der Waals surface area contributed by atoms with Crippen molar-refractivity contribution < 1.29 is 9.59 Å². The Kier molecular flexibility index (Phi) is 3.79. The van der Waals surface area contributed by atoms with Gasteiger partial charge in [0.2, 0.25) is 11.8 Å². The van der Waals surface area contributed by atoms with Crippen LogP contribution in [0, 0.1) is 0 Å². The van der Waals surface area contributed by atoms with Crippen molar-refractivity contribution in [1.82, 2.24) is 4.90 Å². The molecule has 3 nitrogen and oxygen atoms in total. The molecular weight excluding hydrogens is 142 g/mol. The summed E-state index contributed by atoms with van der Waals surface area (Å²) in [5.41, 5.74) is 0. The summed E-state index contributed by atoms with van der Waals surface area (Å²) in [5, 5.41) is 0. The van der Waals surface area contributed by atoms with Crippen LogP contribution in [0.1, 0.15) is 34.1 Å². The Bertz CT molecular complexity index is 163. The topological polar surface area (TPSA) is 37.4 Å². The fraction of sp³-hybridized carbons (Fsp3) is 0.750. The van der Waals surface area contributed by atoms with Crippen LogP contribution in [-0.4, -0.2) is 22.8 Å². The van der Waals surface area contributed by atoms with Crippen LogP contribution in [0.5, 0.6) is 0 Å². The maximum atomic E-state index is 11.1. The third kappa shape index (κ3) is 2.70. The zero-order chi connectivity index (χ0) is 9.02. The van der Waals surface area contributed by atoms with E-state index in [1.165, 1.54) is 11.8 Å². The Labute approximate surface area is 67.4 Å². The number of imide groups is 1. The number of amides is 2. The number of rotatable bonds is 2. The van der Waals surface area contributed by atoms with Crippen LogP contribution < -0.4 is 0 Å². The van der Waals surface area contributed by atoms with E-state index < -0.39 is 0 Å². The summed E-state index contributed by atoms with van der Waals surface area (Å²) in [6, 6.07) is -0.0278. The summed E-state index contributed by atoms with van der Waals surface area (Å²) >= 11 is 0. The molecule has 0 heterocycles. The monoisotopic (exact) mass is 157 g/mol. The first-order valence-corrected chi connectivity index (χ1v) is 3.83. The van der Waals surface area contributed by atoms with E-state index in [1.807, 2.05) is 13.8 Å². The first-order valence-electron chi connectivity index (χ1n) is 3.83. The van der Waals surface area contributed by atoms with Crippen molar-refractivity contribution >= 4 is 11.8 Å². The Morgan fingerprint density at radius 2 is 1.82 bits per heavy atom. The lowest BCUT2D eigenvalue weighted by Crippen LogP contribution is -2.40. The van der Waals surface area contributed by atoms with Crippen LogP contribution in [0.15, 0.2) is 0 Å². The summed E-state index contributed by atoms with van der Waals surface area (Å²) in [7, 11) is 0. The fourth-order valence-electron chi connectivity index (χ4n) is 0.998. The second kappa shape index (κ2) is 4.11. The van der Waals surface area contributed by atoms with Gasteiger partial charge in [-0.2, -0.15) is 0 Å². The second-order valence-corrected chi connectivity index (χ2v) is 2.73. The number of hydrogen-bond acceptors (Lipinski definition) is 2. The maximum Gasteiger partial charge on any atom is 0.229 e. The number of hydrogen-bond donors (Lipinski definition) is 0. The first-order chi connectivity index (χ1) is 5.00. The van der Waals surface area contributed by atoms with Gasteiger partial charge in [-0.05, 0) is 13.8 Å². The van der Waals surface area contributed by atoms with Gasteiger partial charge in [0.25, 0.3) is 0 Å². The molecule has 0 fully saturated rings. The quantitative estimate of drug-likeness (QED) is 0.603. The Morgan fingerprint density at radius 3 is 1.91 bits per heavy atom. The summed E-state index contributed by atoms with van der Waals surface area (Å²) < 4.78 is 0. The molecule has 0 aliphatic carbocycles. The van der Waals surface area contributed by atoms with Crippen molar-refractivity contribution in [2.75, 3.05) is 0 Å². The molecule has 0 bridgehead atoms. The summed E-state index contributed by atoms with van der Waals surface area (Å²) in [6.45, 7) is 6.82. The zero-order valence-electron chi connectivity index (χ0n) is 7.55. The van der Waals surface area contributed by atoms with Gasteiger partial charge in [-0.3, -0.25) is 14.5 Å². The van der Waals surface area contributed by atoms with Crippen molar-refractivity contribution in [1.29, 1.82) is 0 Å². The molecule has 0 rings (SSSR count). The van der Waals surface area contributed by atoms with Crippen LogP contribution in [0.4, 0.5) is 0 Å². The van der Waals surface area contributed by atoms with Crippen LogP contribution in [0.2, 0.25) is 0 Å². The summed E-state index contributed by atoms with van der Waals surface area (Å²) in [6.07, 6.45) is 0.387. The largest absolute Gasteiger partial charge is 0.280 e. The molecule has 0 saturated carbocycles. The molecule has 0 aromatic rings. The molecule has 0 atom stereocenters. The molecule has 0 aliphatic rings. The number of carbonyl (C=O) groups excluding carboxylic acids is 2. The van der Waals surface area contributed by atoms with Crippen LogP contribution in [-0.2, 0) is 9.59 Å². The molecule has 0 unspecified atom stereocenters. The standard InChI is InChI=1S/C8H15NO2/c1-5-8(11)9(6(2)3)7(4)10/h6H,5H2,1-4H3. The third-order valence-corrected chi connectivity index (χ3v) is 1.43. The van der Waals surface area contributed by atoms with E-state index in [2.05, 4.69) is 0 Å². The zero-order valence-corrected chi connectivity index (χ0v) is 7.55. The molecule has 0 aliphatic heterocycles. The Morgan fingerprint density at radius 1 is 1.36 bits per heavy atom. The van der Waals surface area contributed by atoms with E-state index in [1.54, 1.807) is 6.92 Å². The highest BCUT2D eigenvalue weighted by Crippen LogP contribution is 2.01. The van der Waals surface area contributed by atoms with Crippen LogP contribution in [0.3, 0.4) is 0 Å². The minimum absolute atomic E-state index is 0.0278. The highest BCUT2D eigenvalue weighted by Gasteiger charge is 2.18. The second-order valence-electron chi connectivity index (χ2n) is 2.73. The van der Waals surface area contributed by atoms with Gasteiger partial charge in [-0.1, -0.05) is 6.92 Å². The molecule has 0 N–H and O–H groups in total. The minimum atomic E-state index is -0.174. The summed E-state index contributed by atoms with van der Waals surface area (Å²) in [5.74, 6) is -0.278. The number of carbonyl (C=O) groups is 2. The lowest BCUT2D eigenvalue weighted by Gasteiger charge is -2.22. The van der Waals surface area contributed by atoms with Crippen LogP contribution >= 0.6 is 0 Å². The van der Waals surface area contributed by atoms with Crippen molar-refractivity contribution in [3.05, 3.63) is 0 Å². The predicted octanol–water partition coefficient (Wildman–Crippen LogP) is 1.18. The molecule has 11 heavy (non-hydrogen) atoms. The SMILES string of the molecule is CCC(=O)N(C(C)=O)C(C)C. The molecule has 3 heteroatoms. The lowest BCUT2D eigenvalue weighted by atomic mass is 10.3. The van der Waals surface area contributed by atoms with Crippen molar-refractivity contribution in [3.8, 4) is 0 Å². The highest BCUT2D eigenvalue weighted by molar-refractivity contribution is 5.94. The van der Waals surface area contributed by atoms with Gasteiger partial charge in [0.1, 0.15) is 0 Å². The smallest absolute Gasteiger partial charge is 0.229 e.